The van der Waals surface area contributed by atoms with Crippen molar-refractivity contribution in [1.82, 2.24) is 9.55 Å². The Morgan fingerprint density at radius 1 is 0.852 bits per heavy atom. The summed E-state index contributed by atoms with van der Waals surface area (Å²) in [6, 6.07) is 17.0. The summed E-state index contributed by atoms with van der Waals surface area (Å²) in [6.07, 6.45) is 0. The van der Waals surface area contributed by atoms with Crippen LogP contribution in [0.25, 0.3) is 22.4 Å². The lowest BCUT2D eigenvalue weighted by atomic mass is 9.94. The van der Waals surface area contributed by atoms with E-state index < -0.39 is 0 Å². The SMILES string of the molecule is Cc1cc(C)c(C)c(Cn2c(-c3ccc(F)cc3)nc3ccccc32)c1C. The molecule has 4 aromatic rings. The summed E-state index contributed by atoms with van der Waals surface area (Å²) in [4.78, 5) is 4.85. The van der Waals surface area contributed by atoms with Gasteiger partial charge in [0.05, 0.1) is 17.6 Å². The van der Waals surface area contributed by atoms with E-state index in [2.05, 4.69) is 44.4 Å². The average Bonchev–Trinajstić information content (AvgIpc) is 3.03. The number of fused-ring (bicyclic) bond motifs is 1. The van der Waals surface area contributed by atoms with E-state index >= 15 is 0 Å². The van der Waals surface area contributed by atoms with Crippen molar-refractivity contribution in [3.05, 3.63) is 88.2 Å². The predicted octanol–water partition coefficient (Wildman–Crippen LogP) is 6.12. The zero-order chi connectivity index (χ0) is 19.1. The van der Waals surface area contributed by atoms with Crippen molar-refractivity contribution in [3.8, 4) is 11.4 Å². The Kier molecular flexibility index (Phi) is 4.31. The number of aromatic nitrogens is 2. The van der Waals surface area contributed by atoms with Crippen LogP contribution in [0.1, 0.15) is 27.8 Å². The Hall–Kier alpha value is -2.94. The normalized spacial score (nSPS) is 11.3. The van der Waals surface area contributed by atoms with Gasteiger partial charge in [0, 0.05) is 5.56 Å². The van der Waals surface area contributed by atoms with Gasteiger partial charge in [0.1, 0.15) is 11.6 Å². The van der Waals surface area contributed by atoms with Crippen molar-refractivity contribution in [2.75, 3.05) is 0 Å². The molecule has 0 N–H and O–H groups in total. The Morgan fingerprint density at radius 2 is 1.48 bits per heavy atom. The third-order valence-corrected chi connectivity index (χ3v) is 5.59. The molecule has 0 unspecified atom stereocenters. The molecule has 3 heteroatoms. The fourth-order valence-corrected chi connectivity index (χ4v) is 3.75. The Bertz CT molecular complexity index is 1110. The first kappa shape index (κ1) is 17.5. The van der Waals surface area contributed by atoms with Crippen LogP contribution < -0.4 is 0 Å². The first-order valence-electron chi connectivity index (χ1n) is 9.23. The number of benzene rings is 3. The van der Waals surface area contributed by atoms with Crippen LogP contribution in [0.3, 0.4) is 0 Å². The van der Waals surface area contributed by atoms with E-state index in [0.29, 0.717) is 0 Å². The summed E-state index contributed by atoms with van der Waals surface area (Å²) >= 11 is 0. The maximum Gasteiger partial charge on any atom is 0.141 e. The maximum absolute atomic E-state index is 13.4. The first-order valence-corrected chi connectivity index (χ1v) is 9.23. The summed E-state index contributed by atoms with van der Waals surface area (Å²) in [5.41, 5.74) is 9.56. The van der Waals surface area contributed by atoms with E-state index in [1.165, 1.54) is 39.9 Å². The number of halogens is 1. The van der Waals surface area contributed by atoms with Gasteiger partial charge in [-0.15, -0.1) is 0 Å². The molecule has 0 spiro atoms. The van der Waals surface area contributed by atoms with Gasteiger partial charge in [-0.3, -0.25) is 0 Å². The summed E-state index contributed by atoms with van der Waals surface area (Å²) < 4.78 is 15.7. The number of rotatable bonds is 3. The number of para-hydroxylation sites is 2. The Labute approximate surface area is 159 Å². The lowest BCUT2D eigenvalue weighted by Crippen LogP contribution is -2.07. The molecule has 3 aromatic carbocycles. The van der Waals surface area contributed by atoms with Gasteiger partial charge in [-0.05, 0) is 91.9 Å². The Morgan fingerprint density at radius 3 is 2.15 bits per heavy atom. The number of imidazole rings is 1. The maximum atomic E-state index is 13.4. The average molecular weight is 358 g/mol. The fraction of sp³-hybridized carbons (Fsp3) is 0.208. The molecule has 0 radical (unpaired) electrons. The number of aryl methyl sites for hydroxylation is 2. The van der Waals surface area contributed by atoms with Crippen LogP contribution >= 0.6 is 0 Å². The minimum absolute atomic E-state index is 0.234. The van der Waals surface area contributed by atoms with Gasteiger partial charge in [-0.1, -0.05) is 18.2 Å². The van der Waals surface area contributed by atoms with Crippen molar-refractivity contribution in [2.24, 2.45) is 0 Å². The van der Waals surface area contributed by atoms with Crippen LogP contribution in [0.5, 0.6) is 0 Å². The van der Waals surface area contributed by atoms with Crippen molar-refractivity contribution < 1.29 is 4.39 Å². The molecule has 0 atom stereocenters. The van der Waals surface area contributed by atoms with E-state index in [1.54, 1.807) is 12.1 Å². The van der Waals surface area contributed by atoms with Crippen LogP contribution in [-0.2, 0) is 6.54 Å². The quantitative estimate of drug-likeness (QED) is 0.431. The molecule has 0 saturated carbocycles. The molecule has 0 aliphatic heterocycles. The minimum atomic E-state index is -0.234. The highest BCUT2D eigenvalue weighted by atomic mass is 19.1. The van der Waals surface area contributed by atoms with Crippen molar-refractivity contribution in [3.63, 3.8) is 0 Å². The lowest BCUT2D eigenvalue weighted by Gasteiger charge is -2.18. The summed E-state index contributed by atoms with van der Waals surface area (Å²) in [5, 5.41) is 0. The minimum Gasteiger partial charge on any atom is -0.319 e. The fourth-order valence-electron chi connectivity index (χ4n) is 3.75. The van der Waals surface area contributed by atoms with Gasteiger partial charge >= 0.3 is 0 Å². The summed E-state index contributed by atoms with van der Waals surface area (Å²) in [7, 11) is 0. The zero-order valence-corrected chi connectivity index (χ0v) is 16.2. The van der Waals surface area contributed by atoms with Crippen molar-refractivity contribution in [1.29, 1.82) is 0 Å². The molecular formula is C24H23FN2. The van der Waals surface area contributed by atoms with E-state index in [-0.39, 0.29) is 5.82 Å². The van der Waals surface area contributed by atoms with Gasteiger partial charge < -0.3 is 4.57 Å². The standard InChI is InChI=1S/C24H23FN2/c1-15-13-16(2)18(4)21(17(15)3)14-27-23-8-6-5-7-22(23)26-24(27)19-9-11-20(25)12-10-19/h5-13H,14H2,1-4H3. The molecule has 136 valence electrons. The first-order chi connectivity index (χ1) is 13.0. The van der Waals surface area contributed by atoms with Gasteiger partial charge in [0.25, 0.3) is 0 Å². The largest absolute Gasteiger partial charge is 0.319 e. The topological polar surface area (TPSA) is 17.8 Å². The van der Waals surface area contributed by atoms with Gasteiger partial charge in [0.15, 0.2) is 0 Å². The highest BCUT2D eigenvalue weighted by Crippen LogP contribution is 2.29. The van der Waals surface area contributed by atoms with Crippen molar-refractivity contribution in [2.45, 2.75) is 34.2 Å². The molecule has 0 aliphatic rings. The van der Waals surface area contributed by atoms with Crippen LogP contribution in [-0.4, -0.2) is 9.55 Å². The molecule has 1 aromatic heterocycles. The molecule has 0 bridgehead atoms. The van der Waals surface area contributed by atoms with Crippen LogP contribution in [0.15, 0.2) is 54.6 Å². The summed E-state index contributed by atoms with van der Waals surface area (Å²) in [6.45, 7) is 9.45. The van der Waals surface area contributed by atoms with E-state index in [0.717, 1.165) is 29.0 Å². The molecule has 0 amide bonds. The molecule has 27 heavy (non-hydrogen) atoms. The smallest absolute Gasteiger partial charge is 0.141 e. The third-order valence-electron chi connectivity index (χ3n) is 5.59. The second kappa shape index (κ2) is 6.66. The highest BCUT2D eigenvalue weighted by molar-refractivity contribution is 5.80. The molecular weight excluding hydrogens is 335 g/mol. The predicted molar refractivity (Wildman–Crippen MR) is 110 cm³/mol. The molecule has 2 nitrogen and oxygen atoms in total. The lowest BCUT2D eigenvalue weighted by molar-refractivity contribution is 0.628. The molecule has 0 saturated heterocycles. The van der Waals surface area contributed by atoms with Crippen LogP contribution in [0.4, 0.5) is 4.39 Å². The number of hydrogen-bond acceptors (Lipinski definition) is 1. The number of nitrogens with zero attached hydrogens (tertiary/aromatic N) is 2. The zero-order valence-electron chi connectivity index (χ0n) is 16.2. The Balaban J connectivity index is 1.94. The second-order valence-electron chi connectivity index (χ2n) is 7.26. The summed E-state index contributed by atoms with van der Waals surface area (Å²) in [5.74, 6) is 0.636. The van der Waals surface area contributed by atoms with Crippen LogP contribution in [0.2, 0.25) is 0 Å². The van der Waals surface area contributed by atoms with Gasteiger partial charge in [0.2, 0.25) is 0 Å². The molecule has 4 rings (SSSR count). The van der Waals surface area contributed by atoms with Gasteiger partial charge in [-0.25, -0.2) is 9.37 Å². The van der Waals surface area contributed by atoms with Gasteiger partial charge in [-0.2, -0.15) is 0 Å². The van der Waals surface area contributed by atoms with E-state index in [1.807, 2.05) is 18.2 Å². The van der Waals surface area contributed by atoms with E-state index in [4.69, 9.17) is 4.98 Å². The molecule has 0 aliphatic carbocycles. The van der Waals surface area contributed by atoms with Crippen LogP contribution in [0, 0.1) is 33.5 Å². The number of hydrogen-bond donors (Lipinski definition) is 0. The second-order valence-corrected chi connectivity index (χ2v) is 7.26. The molecule has 1 heterocycles. The monoisotopic (exact) mass is 358 g/mol. The van der Waals surface area contributed by atoms with E-state index in [9.17, 15) is 4.39 Å². The highest BCUT2D eigenvalue weighted by Gasteiger charge is 2.16. The van der Waals surface area contributed by atoms with Crippen molar-refractivity contribution >= 4 is 11.0 Å². The molecule has 0 fully saturated rings. The third kappa shape index (κ3) is 3.03.